The first-order valence-electron chi connectivity index (χ1n) is 9.81. The molecule has 0 aliphatic carbocycles. The van der Waals surface area contributed by atoms with Gasteiger partial charge in [-0.3, -0.25) is 4.79 Å². The molecule has 0 aliphatic rings. The smallest absolute Gasteiger partial charge is 0.242 e. The van der Waals surface area contributed by atoms with Gasteiger partial charge in [0.2, 0.25) is 15.9 Å². The van der Waals surface area contributed by atoms with Crippen LogP contribution in [0.4, 0.5) is 0 Å². The number of fused-ring (bicyclic) bond motifs is 1. The van der Waals surface area contributed by atoms with E-state index in [1.54, 1.807) is 29.5 Å². The zero-order valence-corrected chi connectivity index (χ0v) is 19.3. The first kappa shape index (κ1) is 22.4. The molecule has 0 radical (unpaired) electrons. The van der Waals surface area contributed by atoms with E-state index < -0.39 is 10.0 Å². The first-order valence-corrected chi connectivity index (χ1v) is 12.1. The van der Waals surface area contributed by atoms with Gasteiger partial charge in [0.05, 0.1) is 26.6 Å². The number of benzene rings is 1. The lowest BCUT2D eigenvalue weighted by Gasteiger charge is -2.11. The molecule has 0 bridgehead atoms. The highest BCUT2D eigenvalue weighted by Crippen LogP contribution is 2.22. The summed E-state index contributed by atoms with van der Waals surface area (Å²) in [5, 5.41) is 5.96. The van der Waals surface area contributed by atoms with Gasteiger partial charge in [0.15, 0.2) is 0 Å². The van der Waals surface area contributed by atoms with Crippen LogP contribution in [0.1, 0.15) is 29.9 Å². The molecule has 0 saturated heterocycles. The maximum Gasteiger partial charge on any atom is 0.242 e. The van der Waals surface area contributed by atoms with Crippen LogP contribution in [0.25, 0.3) is 11.0 Å². The molecule has 0 fully saturated rings. The van der Waals surface area contributed by atoms with Gasteiger partial charge in [-0.2, -0.15) is 0 Å². The molecule has 3 rings (SSSR count). The minimum atomic E-state index is -3.52. The number of imidazole rings is 1. The second kappa shape index (κ2) is 9.23. The normalized spacial score (nSPS) is 12.0. The molecular weight excluding hydrogens is 422 g/mol. The molecule has 30 heavy (non-hydrogen) atoms. The van der Waals surface area contributed by atoms with E-state index in [1.165, 1.54) is 18.4 Å². The molecule has 1 N–H and O–H groups in total. The minimum absolute atomic E-state index is 0.0347. The molecule has 10 heteroatoms. The Morgan fingerprint density at radius 2 is 2.00 bits per heavy atom. The number of carbonyl (C=O) groups is 1. The van der Waals surface area contributed by atoms with Gasteiger partial charge in [-0.05, 0) is 32.0 Å². The van der Waals surface area contributed by atoms with E-state index in [1.807, 2.05) is 23.8 Å². The number of rotatable bonds is 9. The Kier molecular flexibility index (Phi) is 6.89. The topological polar surface area (TPSA) is 97.2 Å². The first-order chi connectivity index (χ1) is 14.2. The summed E-state index contributed by atoms with van der Waals surface area (Å²) >= 11 is 1.61. The largest absolute Gasteiger partial charge is 0.356 e. The fraction of sp³-hybridized carbons (Fsp3) is 0.450. The van der Waals surface area contributed by atoms with E-state index in [4.69, 9.17) is 0 Å². The number of aryl methyl sites for hydroxylation is 3. The summed E-state index contributed by atoms with van der Waals surface area (Å²) in [7, 11) is -0.513. The summed E-state index contributed by atoms with van der Waals surface area (Å²) in [4.78, 5) is 21.4. The molecule has 1 amide bonds. The van der Waals surface area contributed by atoms with Crippen LogP contribution < -0.4 is 5.32 Å². The van der Waals surface area contributed by atoms with Crippen molar-refractivity contribution in [3.63, 3.8) is 0 Å². The van der Waals surface area contributed by atoms with Crippen molar-refractivity contribution < 1.29 is 13.2 Å². The van der Waals surface area contributed by atoms with E-state index in [0.717, 1.165) is 22.0 Å². The number of nitrogens with one attached hydrogen (secondary N) is 1. The van der Waals surface area contributed by atoms with Gasteiger partial charge in [0.1, 0.15) is 5.82 Å². The highest BCUT2D eigenvalue weighted by atomic mass is 32.2. The summed E-state index contributed by atoms with van der Waals surface area (Å²) in [6.45, 7) is 5.21. The molecule has 2 aromatic heterocycles. The summed E-state index contributed by atoms with van der Waals surface area (Å²) in [5.41, 5.74) is 2.48. The van der Waals surface area contributed by atoms with Gasteiger partial charge in [0, 0.05) is 51.8 Å². The second-order valence-corrected chi connectivity index (χ2v) is 10.4. The van der Waals surface area contributed by atoms with Crippen molar-refractivity contribution in [1.29, 1.82) is 0 Å². The average Bonchev–Trinajstić information content (AvgIpc) is 3.28. The SMILES string of the molecule is CCn1c(CCC(=O)NCCc2csc(C)n2)nc2cc(S(=O)(=O)N(C)C)ccc21. The van der Waals surface area contributed by atoms with E-state index >= 15 is 0 Å². The number of aromatic nitrogens is 3. The van der Waals surface area contributed by atoms with Crippen molar-refractivity contribution >= 4 is 38.3 Å². The van der Waals surface area contributed by atoms with Gasteiger partial charge < -0.3 is 9.88 Å². The van der Waals surface area contributed by atoms with Crippen molar-refractivity contribution in [3.05, 3.63) is 40.1 Å². The fourth-order valence-corrected chi connectivity index (χ4v) is 4.81. The Morgan fingerprint density at radius 3 is 2.63 bits per heavy atom. The number of hydrogen-bond acceptors (Lipinski definition) is 6. The molecule has 0 unspecified atom stereocenters. The monoisotopic (exact) mass is 449 g/mol. The molecule has 3 aromatic rings. The molecule has 2 heterocycles. The Morgan fingerprint density at radius 1 is 1.23 bits per heavy atom. The zero-order chi connectivity index (χ0) is 21.9. The van der Waals surface area contributed by atoms with Crippen molar-refractivity contribution in [2.45, 2.75) is 44.6 Å². The molecule has 0 aliphatic heterocycles. The lowest BCUT2D eigenvalue weighted by atomic mass is 10.2. The molecule has 0 saturated carbocycles. The van der Waals surface area contributed by atoms with Gasteiger partial charge in [-0.1, -0.05) is 0 Å². The highest BCUT2D eigenvalue weighted by molar-refractivity contribution is 7.89. The Balaban J connectivity index is 1.67. The van der Waals surface area contributed by atoms with Crippen LogP contribution in [0.5, 0.6) is 0 Å². The lowest BCUT2D eigenvalue weighted by Crippen LogP contribution is -2.26. The summed E-state index contributed by atoms with van der Waals surface area (Å²) in [6, 6.07) is 4.97. The van der Waals surface area contributed by atoms with Gasteiger partial charge in [0.25, 0.3) is 0 Å². The zero-order valence-electron chi connectivity index (χ0n) is 17.7. The quantitative estimate of drug-likeness (QED) is 0.541. The Labute approximate surface area is 181 Å². The maximum absolute atomic E-state index is 12.4. The highest BCUT2D eigenvalue weighted by Gasteiger charge is 2.19. The maximum atomic E-state index is 12.4. The van der Waals surface area contributed by atoms with E-state index in [9.17, 15) is 13.2 Å². The molecule has 0 atom stereocenters. The van der Waals surface area contributed by atoms with Crippen LogP contribution in [-0.4, -0.2) is 53.8 Å². The molecule has 8 nitrogen and oxygen atoms in total. The molecule has 162 valence electrons. The van der Waals surface area contributed by atoms with Crippen molar-refractivity contribution in [2.75, 3.05) is 20.6 Å². The fourth-order valence-electron chi connectivity index (χ4n) is 3.24. The third-order valence-electron chi connectivity index (χ3n) is 4.84. The summed E-state index contributed by atoms with van der Waals surface area (Å²) in [5.74, 6) is 0.740. The number of sulfonamides is 1. The molecule has 1 aromatic carbocycles. The van der Waals surface area contributed by atoms with Crippen molar-refractivity contribution in [1.82, 2.24) is 24.2 Å². The minimum Gasteiger partial charge on any atom is -0.356 e. The van der Waals surface area contributed by atoms with Crippen LogP contribution in [0.2, 0.25) is 0 Å². The standard InChI is InChI=1S/C20H27N5O3S2/c1-5-25-18-7-6-16(30(27,28)24(3)4)12-17(18)23-19(25)8-9-20(26)21-11-10-15-13-29-14(2)22-15/h6-7,12-13H,5,8-11H2,1-4H3,(H,21,26). The van der Waals surface area contributed by atoms with Crippen LogP contribution in [0, 0.1) is 6.92 Å². The lowest BCUT2D eigenvalue weighted by molar-refractivity contribution is -0.121. The number of thiazole rings is 1. The summed E-state index contributed by atoms with van der Waals surface area (Å²) in [6.07, 6.45) is 1.52. The van der Waals surface area contributed by atoms with E-state index in [-0.39, 0.29) is 10.8 Å². The van der Waals surface area contributed by atoms with Gasteiger partial charge in [-0.25, -0.2) is 22.7 Å². The average molecular weight is 450 g/mol. The number of nitrogens with zero attached hydrogens (tertiary/aromatic N) is 4. The molecule has 0 spiro atoms. The van der Waals surface area contributed by atoms with Crippen molar-refractivity contribution in [2.24, 2.45) is 0 Å². The predicted octanol–water partition coefficient (Wildman–Crippen LogP) is 2.36. The van der Waals surface area contributed by atoms with Gasteiger partial charge >= 0.3 is 0 Å². The number of carbonyl (C=O) groups excluding carboxylic acids is 1. The van der Waals surface area contributed by atoms with Crippen LogP contribution >= 0.6 is 11.3 Å². The number of hydrogen-bond donors (Lipinski definition) is 1. The summed E-state index contributed by atoms with van der Waals surface area (Å²) < 4.78 is 28.0. The third kappa shape index (κ3) is 4.88. The van der Waals surface area contributed by atoms with Crippen LogP contribution in [0.3, 0.4) is 0 Å². The predicted molar refractivity (Wildman–Crippen MR) is 118 cm³/mol. The third-order valence-corrected chi connectivity index (χ3v) is 7.47. The van der Waals surface area contributed by atoms with Crippen LogP contribution in [-0.2, 0) is 34.2 Å². The Bertz CT molecular complexity index is 1150. The Hall–Kier alpha value is -2.30. The number of amides is 1. The van der Waals surface area contributed by atoms with E-state index in [0.29, 0.717) is 37.9 Å². The van der Waals surface area contributed by atoms with Crippen LogP contribution in [0.15, 0.2) is 28.5 Å². The second-order valence-electron chi connectivity index (χ2n) is 7.17. The van der Waals surface area contributed by atoms with Gasteiger partial charge in [-0.15, -0.1) is 11.3 Å². The van der Waals surface area contributed by atoms with Crippen molar-refractivity contribution in [3.8, 4) is 0 Å². The molecular formula is C20H27N5O3S2. The van der Waals surface area contributed by atoms with E-state index in [2.05, 4.69) is 15.3 Å².